The predicted octanol–water partition coefficient (Wildman–Crippen LogP) is 5.28. The molecule has 1 unspecified atom stereocenters. The molecule has 3 aromatic rings. The minimum Gasteiger partial charge on any atom is -0.497 e. The Kier molecular flexibility index (Phi) is 12.0. The molecule has 12 heteroatoms. The van der Waals surface area contributed by atoms with Gasteiger partial charge in [0.15, 0.2) is 6.04 Å². The van der Waals surface area contributed by atoms with Crippen molar-refractivity contribution in [3.8, 4) is 5.75 Å². The third kappa shape index (κ3) is 10.2. The van der Waals surface area contributed by atoms with Crippen molar-refractivity contribution in [3.05, 3.63) is 102 Å². The summed E-state index contributed by atoms with van der Waals surface area (Å²) in [6, 6.07) is 21.1. The van der Waals surface area contributed by atoms with Crippen LogP contribution in [0.25, 0.3) is 0 Å². The van der Waals surface area contributed by atoms with Crippen molar-refractivity contribution in [2.45, 2.75) is 51.7 Å². The molecule has 0 saturated heterocycles. The standard InChI is InChI=1S/C32H37N3O9/c1-32(2,3)44-29(37)33-26(24-16-18-25(40-4)19-17-24)27(28(36)41-5)35(31(39)43-21-23-14-10-7-11-15-23)34-30(38)42-20-22-12-8-6-9-13-22/h6-19,26-27H,20-21H2,1-5H3,(H,33,37)(H,34,38)/t26-,27?/m1/s1. The normalized spacial score (nSPS) is 12.1. The summed E-state index contributed by atoms with van der Waals surface area (Å²) in [6.45, 7) is 4.71. The molecule has 0 aliphatic carbocycles. The number of ether oxygens (including phenoxy) is 5. The van der Waals surface area contributed by atoms with Crippen molar-refractivity contribution in [3.63, 3.8) is 0 Å². The van der Waals surface area contributed by atoms with Gasteiger partial charge in [0.1, 0.15) is 24.6 Å². The zero-order chi connectivity index (χ0) is 32.1. The van der Waals surface area contributed by atoms with E-state index >= 15 is 0 Å². The van der Waals surface area contributed by atoms with E-state index in [4.69, 9.17) is 23.7 Å². The molecule has 0 saturated carbocycles. The van der Waals surface area contributed by atoms with E-state index in [0.717, 1.165) is 7.11 Å². The van der Waals surface area contributed by atoms with Crippen molar-refractivity contribution >= 4 is 24.2 Å². The Morgan fingerprint density at radius 1 is 0.750 bits per heavy atom. The minimum absolute atomic E-state index is 0.124. The number of rotatable bonds is 10. The Labute approximate surface area is 256 Å². The van der Waals surface area contributed by atoms with Crippen molar-refractivity contribution in [2.75, 3.05) is 14.2 Å². The van der Waals surface area contributed by atoms with Crippen molar-refractivity contribution in [1.82, 2.24) is 15.8 Å². The van der Waals surface area contributed by atoms with Gasteiger partial charge >= 0.3 is 24.2 Å². The van der Waals surface area contributed by atoms with Crippen LogP contribution in [0.5, 0.6) is 5.75 Å². The van der Waals surface area contributed by atoms with E-state index in [-0.39, 0.29) is 13.2 Å². The Hall–Kier alpha value is -5.26. The van der Waals surface area contributed by atoms with Crippen LogP contribution in [-0.4, -0.2) is 55.1 Å². The fourth-order valence-electron chi connectivity index (χ4n) is 3.97. The molecule has 0 radical (unpaired) electrons. The van der Waals surface area contributed by atoms with Gasteiger partial charge in [-0.3, -0.25) is 0 Å². The molecule has 0 aliphatic heterocycles. The molecular formula is C32H37N3O9. The van der Waals surface area contributed by atoms with Gasteiger partial charge in [-0.15, -0.1) is 0 Å². The summed E-state index contributed by atoms with van der Waals surface area (Å²) in [6.07, 6.45) is -3.08. The first-order valence-corrected chi connectivity index (χ1v) is 13.7. The molecule has 2 N–H and O–H groups in total. The number of hydrogen-bond donors (Lipinski definition) is 2. The predicted molar refractivity (Wildman–Crippen MR) is 159 cm³/mol. The number of nitrogens with one attached hydrogen (secondary N) is 2. The van der Waals surface area contributed by atoms with Gasteiger partial charge < -0.3 is 29.0 Å². The number of hydrogen-bond acceptors (Lipinski definition) is 9. The van der Waals surface area contributed by atoms with Gasteiger partial charge in [0.2, 0.25) is 0 Å². The lowest BCUT2D eigenvalue weighted by Crippen LogP contribution is -2.60. The van der Waals surface area contributed by atoms with E-state index in [9.17, 15) is 19.2 Å². The number of carbonyl (C=O) groups excluding carboxylic acids is 4. The average molecular weight is 608 g/mol. The first-order chi connectivity index (χ1) is 21.0. The van der Waals surface area contributed by atoms with E-state index in [2.05, 4.69) is 10.7 Å². The highest BCUT2D eigenvalue weighted by molar-refractivity contribution is 5.85. The van der Waals surface area contributed by atoms with Crippen LogP contribution in [0.4, 0.5) is 14.4 Å². The van der Waals surface area contributed by atoms with Gasteiger partial charge in [-0.05, 0) is 49.6 Å². The van der Waals surface area contributed by atoms with Crippen LogP contribution in [0, 0.1) is 0 Å². The van der Waals surface area contributed by atoms with Crippen LogP contribution in [-0.2, 0) is 37.0 Å². The summed E-state index contributed by atoms with van der Waals surface area (Å²) in [5, 5.41) is 3.27. The topological polar surface area (TPSA) is 142 Å². The monoisotopic (exact) mass is 607 g/mol. The van der Waals surface area contributed by atoms with E-state index in [1.807, 2.05) is 6.07 Å². The van der Waals surface area contributed by atoms with Crippen LogP contribution in [0.3, 0.4) is 0 Å². The first kappa shape index (κ1) is 33.2. The Morgan fingerprint density at radius 3 is 1.80 bits per heavy atom. The number of nitrogens with zero attached hydrogens (tertiary/aromatic N) is 1. The second-order valence-electron chi connectivity index (χ2n) is 10.4. The van der Waals surface area contributed by atoms with E-state index in [1.165, 1.54) is 7.11 Å². The number of esters is 1. The number of methoxy groups -OCH3 is 2. The number of alkyl carbamates (subject to hydrolysis) is 1. The molecule has 3 amide bonds. The maximum absolute atomic E-state index is 13.6. The molecule has 0 aromatic heterocycles. The highest BCUT2D eigenvalue weighted by Gasteiger charge is 2.42. The summed E-state index contributed by atoms with van der Waals surface area (Å²) in [5.74, 6) is -0.483. The van der Waals surface area contributed by atoms with E-state index < -0.39 is 41.9 Å². The van der Waals surface area contributed by atoms with Crippen LogP contribution < -0.4 is 15.5 Å². The molecule has 3 rings (SSSR count). The molecule has 0 bridgehead atoms. The average Bonchev–Trinajstić information content (AvgIpc) is 3.01. The molecule has 3 aromatic carbocycles. The lowest BCUT2D eigenvalue weighted by molar-refractivity contribution is -0.148. The largest absolute Gasteiger partial charge is 0.497 e. The molecule has 12 nitrogen and oxygen atoms in total. The highest BCUT2D eigenvalue weighted by atomic mass is 16.6. The third-order valence-electron chi connectivity index (χ3n) is 6.01. The van der Waals surface area contributed by atoms with Crippen LogP contribution in [0.1, 0.15) is 43.5 Å². The highest BCUT2D eigenvalue weighted by Crippen LogP contribution is 2.26. The second kappa shape index (κ2) is 15.8. The fraction of sp³-hybridized carbons (Fsp3) is 0.312. The number of amides is 3. The van der Waals surface area contributed by atoms with Crippen LogP contribution >= 0.6 is 0 Å². The zero-order valence-electron chi connectivity index (χ0n) is 25.3. The Bertz CT molecular complexity index is 1380. The van der Waals surface area contributed by atoms with Gasteiger partial charge in [-0.25, -0.2) is 24.6 Å². The maximum atomic E-state index is 13.6. The van der Waals surface area contributed by atoms with Crippen LogP contribution in [0.15, 0.2) is 84.9 Å². The maximum Gasteiger partial charge on any atom is 0.430 e. The van der Waals surface area contributed by atoms with Crippen molar-refractivity contribution in [1.29, 1.82) is 0 Å². The SMILES string of the molecule is COC(=O)C([C@H](NC(=O)OC(C)(C)C)c1ccc(OC)cc1)N(NC(=O)OCc1ccccc1)C(=O)OCc1ccccc1. The van der Waals surface area contributed by atoms with Crippen LogP contribution in [0.2, 0.25) is 0 Å². The third-order valence-corrected chi connectivity index (χ3v) is 6.01. The molecule has 0 aliphatic rings. The summed E-state index contributed by atoms with van der Waals surface area (Å²) in [4.78, 5) is 53.0. The van der Waals surface area contributed by atoms with Crippen molar-refractivity contribution in [2.24, 2.45) is 0 Å². The quantitative estimate of drug-likeness (QED) is 0.179. The molecule has 0 heterocycles. The summed E-state index contributed by atoms with van der Waals surface area (Å²) >= 11 is 0. The molecule has 0 spiro atoms. The van der Waals surface area contributed by atoms with Gasteiger partial charge in [-0.2, -0.15) is 5.01 Å². The number of carbonyl (C=O) groups is 4. The molecule has 2 atom stereocenters. The Morgan fingerprint density at radius 2 is 1.30 bits per heavy atom. The molecule has 0 fully saturated rings. The lowest BCUT2D eigenvalue weighted by Gasteiger charge is -2.35. The smallest absolute Gasteiger partial charge is 0.430 e. The first-order valence-electron chi connectivity index (χ1n) is 13.7. The zero-order valence-corrected chi connectivity index (χ0v) is 25.3. The number of benzene rings is 3. The van der Waals surface area contributed by atoms with Gasteiger partial charge in [0, 0.05) is 0 Å². The second-order valence-corrected chi connectivity index (χ2v) is 10.4. The fourth-order valence-corrected chi connectivity index (χ4v) is 3.97. The van der Waals surface area contributed by atoms with E-state index in [0.29, 0.717) is 27.4 Å². The van der Waals surface area contributed by atoms with Crippen molar-refractivity contribution < 1.29 is 42.9 Å². The molecule has 234 valence electrons. The van der Waals surface area contributed by atoms with Gasteiger partial charge in [-0.1, -0.05) is 72.8 Å². The minimum atomic E-state index is -1.69. The van der Waals surface area contributed by atoms with E-state index in [1.54, 1.807) is 99.6 Å². The summed E-state index contributed by atoms with van der Waals surface area (Å²) in [7, 11) is 2.59. The van der Waals surface area contributed by atoms with Gasteiger partial charge in [0.25, 0.3) is 0 Å². The lowest BCUT2D eigenvalue weighted by atomic mass is 9.98. The molecule has 44 heavy (non-hydrogen) atoms. The number of hydrazine groups is 1. The summed E-state index contributed by atoms with van der Waals surface area (Å²) in [5.41, 5.74) is 3.12. The summed E-state index contributed by atoms with van der Waals surface area (Å²) < 4.78 is 26.5. The van der Waals surface area contributed by atoms with Gasteiger partial charge in [0.05, 0.1) is 20.3 Å². The molecular weight excluding hydrogens is 570 g/mol. The Balaban J connectivity index is 2.01.